The highest BCUT2D eigenvalue weighted by molar-refractivity contribution is 7.89. The number of sulfonamides is 1. The molecular weight excluding hydrogens is 293 g/mol. The number of hydrogen-bond donors (Lipinski definition) is 2. The van der Waals surface area contributed by atoms with Crippen molar-refractivity contribution >= 4 is 10.0 Å². The standard InChI is InChI=1S/C12H15F3N2O2S/c1-7-2-3-16-6-11(7)17-20(18,19)12-9(14)4-8(13)5-10(12)15/h4-5,7,11,16-17H,2-3,6H2,1H3/t7-,11-/m0/s1. The lowest BCUT2D eigenvalue weighted by atomic mass is 9.96. The minimum absolute atomic E-state index is 0.0394. The summed E-state index contributed by atoms with van der Waals surface area (Å²) in [5.74, 6) is -4.00. The first-order valence-corrected chi connectivity index (χ1v) is 7.67. The molecule has 0 aromatic heterocycles. The molecule has 0 bridgehead atoms. The average Bonchev–Trinajstić information content (AvgIpc) is 2.30. The zero-order chi connectivity index (χ0) is 14.9. The summed E-state index contributed by atoms with van der Waals surface area (Å²) < 4.78 is 66.3. The Morgan fingerprint density at radius 3 is 2.40 bits per heavy atom. The maximum Gasteiger partial charge on any atom is 0.246 e. The summed E-state index contributed by atoms with van der Waals surface area (Å²) in [7, 11) is -4.38. The fourth-order valence-electron chi connectivity index (χ4n) is 2.19. The van der Waals surface area contributed by atoms with Gasteiger partial charge in [0.2, 0.25) is 10.0 Å². The van der Waals surface area contributed by atoms with Gasteiger partial charge in [-0.2, -0.15) is 0 Å². The van der Waals surface area contributed by atoms with E-state index in [1.54, 1.807) is 0 Å². The third-order valence-corrected chi connectivity index (χ3v) is 4.91. The van der Waals surface area contributed by atoms with E-state index in [1.165, 1.54) is 0 Å². The smallest absolute Gasteiger partial charge is 0.246 e. The van der Waals surface area contributed by atoms with E-state index in [1.807, 2.05) is 6.92 Å². The van der Waals surface area contributed by atoms with E-state index in [0.717, 1.165) is 13.0 Å². The highest BCUT2D eigenvalue weighted by Crippen LogP contribution is 2.22. The van der Waals surface area contributed by atoms with Crippen molar-refractivity contribution in [3.8, 4) is 0 Å². The number of nitrogens with one attached hydrogen (secondary N) is 2. The molecule has 112 valence electrons. The van der Waals surface area contributed by atoms with Crippen LogP contribution in [0.4, 0.5) is 13.2 Å². The van der Waals surface area contributed by atoms with Crippen LogP contribution >= 0.6 is 0 Å². The van der Waals surface area contributed by atoms with Crippen LogP contribution in [0.2, 0.25) is 0 Å². The first-order valence-electron chi connectivity index (χ1n) is 6.19. The second kappa shape index (κ2) is 5.71. The van der Waals surface area contributed by atoms with Crippen LogP contribution in [-0.2, 0) is 10.0 Å². The van der Waals surface area contributed by atoms with Gasteiger partial charge in [0.05, 0.1) is 0 Å². The van der Waals surface area contributed by atoms with Crippen LogP contribution in [0.1, 0.15) is 13.3 Å². The Bertz CT molecular complexity index is 584. The van der Waals surface area contributed by atoms with Crippen LogP contribution in [0, 0.1) is 23.4 Å². The van der Waals surface area contributed by atoms with Gasteiger partial charge >= 0.3 is 0 Å². The summed E-state index contributed by atoms with van der Waals surface area (Å²) in [5.41, 5.74) is 0. The Morgan fingerprint density at radius 2 is 1.85 bits per heavy atom. The van der Waals surface area contributed by atoms with Gasteiger partial charge in [-0.25, -0.2) is 26.3 Å². The first-order chi connectivity index (χ1) is 9.31. The van der Waals surface area contributed by atoms with Crippen molar-refractivity contribution in [2.75, 3.05) is 13.1 Å². The van der Waals surface area contributed by atoms with Gasteiger partial charge in [0, 0.05) is 24.7 Å². The molecule has 1 aliphatic heterocycles. The van der Waals surface area contributed by atoms with Crippen molar-refractivity contribution in [1.82, 2.24) is 10.0 Å². The molecule has 1 saturated heterocycles. The zero-order valence-corrected chi connectivity index (χ0v) is 11.6. The molecule has 1 aromatic carbocycles. The lowest BCUT2D eigenvalue weighted by molar-refractivity contribution is 0.326. The average molecular weight is 308 g/mol. The number of rotatable bonds is 3. The zero-order valence-electron chi connectivity index (χ0n) is 10.8. The van der Waals surface area contributed by atoms with E-state index in [2.05, 4.69) is 10.0 Å². The molecule has 2 atom stereocenters. The van der Waals surface area contributed by atoms with Gasteiger partial charge in [0.15, 0.2) is 4.90 Å². The van der Waals surface area contributed by atoms with Crippen molar-refractivity contribution in [2.24, 2.45) is 5.92 Å². The Balaban J connectivity index is 2.31. The molecular formula is C12H15F3N2O2S. The highest BCUT2D eigenvalue weighted by Gasteiger charge is 2.30. The van der Waals surface area contributed by atoms with Gasteiger partial charge in [-0.15, -0.1) is 0 Å². The lowest BCUT2D eigenvalue weighted by Gasteiger charge is -2.30. The molecule has 0 saturated carbocycles. The number of halogens is 3. The predicted octanol–water partition coefficient (Wildman–Crippen LogP) is 1.38. The topological polar surface area (TPSA) is 58.2 Å². The summed E-state index contributed by atoms with van der Waals surface area (Å²) in [6.45, 7) is 2.99. The SMILES string of the molecule is C[C@H]1CCNC[C@@H]1NS(=O)(=O)c1c(F)cc(F)cc1F. The van der Waals surface area contributed by atoms with Gasteiger partial charge in [0.1, 0.15) is 17.5 Å². The molecule has 2 N–H and O–H groups in total. The number of benzene rings is 1. The molecule has 20 heavy (non-hydrogen) atoms. The molecule has 0 aliphatic carbocycles. The quantitative estimate of drug-likeness (QED) is 0.887. The Morgan fingerprint density at radius 1 is 1.25 bits per heavy atom. The monoisotopic (exact) mass is 308 g/mol. The normalized spacial score (nSPS) is 23.8. The molecule has 0 amide bonds. The van der Waals surface area contributed by atoms with Gasteiger partial charge in [-0.1, -0.05) is 6.92 Å². The summed E-state index contributed by atoms with van der Waals surface area (Å²) in [6, 6.07) is 0.234. The molecule has 2 rings (SSSR count). The van der Waals surface area contributed by atoms with Crippen molar-refractivity contribution in [3.63, 3.8) is 0 Å². The summed E-state index contributed by atoms with van der Waals surface area (Å²) in [6.07, 6.45) is 0.752. The Labute approximate surface area is 115 Å². The van der Waals surface area contributed by atoms with Crippen LogP contribution in [0.15, 0.2) is 17.0 Å². The predicted molar refractivity (Wildman–Crippen MR) is 67.1 cm³/mol. The molecule has 4 nitrogen and oxygen atoms in total. The molecule has 1 fully saturated rings. The second-order valence-electron chi connectivity index (χ2n) is 4.90. The molecule has 0 radical (unpaired) electrons. The lowest BCUT2D eigenvalue weighted by Crippen LogP contribution is -2.50. The van der Waals surface area contributed by atoms with Crippen LogP contribution < -0.4 is 10.0 Å². The molecule has 1 aromatic rings. The van der Waals surface area contributed by atoms with Gasteiger partial charge < -0.3 is 5.32 Å². The molecule has 0 spiro atoms. The number of hydrogen-bond acceptors (Lipinski definition) is 3. The van der Waals surface area contributed by atoms with Crippen LogP contribution in [0.25, 0.3) is 0 Å². The molecule has 0 unspecified atom stereocenters. The van der Waals surface area contributed by atoms with Crippen LogP contribution in [0.5, 0.6) is 0 Å². The van der Waals surface area contributed by atoms with Crippen molar-refractivity contribution < 1.29 is 21.6 Å². The third-order valence-electron chi connectivity index (χ3n) is 3.37. The van der Waals surface area contributed by atoms with Gasteiger partial charge in [-0.05, 0) is 18.9 Å². The van der Waals surface area contributed by atoms with E-state index >= 15 is 0 Å². The molecule has 1 aliphatic rings. The van der Waals surface area contributed by atoms with Gasteiger partial charge in [-0.3, -0.25) is 0 Å². The Kier molecular flexibility index (Phi) is 4.36. The van der Waals surface area contributed by atoms with E-state index in [0.29, 0.717) is 18.7 Å². The van der Waals surface area contributed by atoms with Crippen LogP contribution in [-0.4, -0.2) is 27.5 Å². The van der Waals surface area contributed by atoms with Crippen LogP contribution in [0.3, 0.4) is 0 Å². The summed E-state index contributed by atoms with van der Waals surface area (Å²) in [5, 5.41) is 3.00. The largest absolute Gasteiger partial charge is 0.315 e. The number of piperidine rings is 1. The van der Waals surface area contributed by atoms with E-state index in [9.17, 15) is 21.6 Å². The Hall–Kier alpha value is -1.12. The van der Waals surface area contributed by atoms with Gasteiger partial charge in [0.25, 0.3) is 0 Å². The first kappa shape index (κ1) is 15.3. The van der Waals surface area contributed by atoms with Crippen molar-refractivity contribution in [2.45, 2.75) is 24.3 Å². The summed E-state index contributed by atoms with van der Waals surface area (Å²) in [4.78, 5) is -1.14. The maximum absolute atomic E-state index is 13.5. The summed E-state index contributed by atoms with van der Waals surface area (Å²) >= 11 is 0. The minimum atomic E-state index is -4.38. The van der Waals surface area contributed by atoms with Crippen molar-refractivity contribution in [1.29, 1.82) is 0 Å². The van der Waals surface area contributed by atoms with E-state index in [4.69, 9.17) is 0 Å². The fourth-order valence-corrected chi connectivity index (χ4v) is 3.65. The van der Waals surface area contributed by atoms with E-state index < -0.39 is 38.4 Å². The molecule has 8 heteroatoms. The fraction of sp³-hybridized carbons (Fsp3) is 0.500. The third kappa shape index (κ3) is 3.13. The minimum Gasteiger partial charge on any atom is -0.315 e. The molecule has 1 heterocycles. The maximum atomic E-state index is 13.5. The van der Waals surface area contributed by atoms with Crippen molar-refractivity contribution in [3.05, 3.63) is 29.6 Å². The highest BCUT2D eigenvalue weighted by atomic mass is 32.2. The second-order valence-corrected chi connectivity index (χ2v) is 6.55. The van der Waals surface area contributed by atoms with E-state index in [-0.39, 0.29) is 5.92 Å².